The van der Waals surface area contributed by atoms with Gasteiger partial charge in [-0.3, -0.25) is 4.99 Å². The SMILES string of the molecule is C[C@@H](CO)N1C=CC=NC1. The molecule has 3 nitrogen and oxygen atoms in total. The normalized spacial score (nSPS) is 19.6. The molecular weight excluding hydrogens is 128 g/mol. The van der Waals surface area contributed by atoms with Crippen molar-refractivity contribution >= 4 is 6.21 Å². The molecule has 0 aromatic rings. The third kappa shape index (κ3) is 1.57. The number of rotatable bonds is 2. The molecule has 3 heteroatoms. The maximum atomic E-state index is 8.76. The minimum absolute atomic E-state index is 0.175. The molecule has 0 radical (unpaired) electrons. The van der Waals surface area contributed by atoms with Crippen LogP contribution in [0.5, 0.6) is 0 Å². The van der Waals surface area contributed by atoms with Crippen LogP contribution in [0.3, 0.4) is 0 Å². The number of aliphatic hydroxyl groups excluding tert-OH is 1. The van der Waals surface area contributed by atoms with Gasteiger partial charge in [0.05, 0.1) is 12.6 Å². The first-order chi connectivity index (χ1) is 4.84. The van der Waals surface area contributed by atoms with E-state index < -0.39 is 0 Å². The summed E-state index contributed by atoms with van der Waals surface area (Å²) in [5.41, 5.74) is 0. The summed E-state index contributed by atoms with van der Waals surface area (Å²) in [6, 6.07) is 0.175. The molecule has 1 aliphatic rings. The third-order valence-corrected chi connectivity index (χ3v) is 1.54. The van der Waals surface area contributed by atoms with Crippen LogP contribution in [0.2, 0.25) is 0 Å². The first-order valence-corrected chi connectivity index (χ1v) is 3.38. The predicted molar refractivity (Wildman–Crippen MR) is 40.9 cm³/mol. The topological polar surface area (TPSA) is 35.8 Å². The number of nitrogens with zero attached hydrogens (tertiary/aromatic N) is 2. The van der Waals surface area contributed by atoms with Gasteiger partial charge in [0.1, 0.15) is 6.67 Å². The van der Waals surface area contributed by atoms with Crippen molar-refractivity contribution in [3.05, 3.63) is 12.3 Å². The fraction of sp³-hybridized carbons (Fsp3) is 0.571. The Labute approximate surface area is 60.7 Å². The highest BCUT2D eigenvalue weighted by Gasteiger charge is 2.07. The molecule has 0 bridgehead atoms. The molecule has 0 aliphatic carbocycles. The molecule has 1 atom stereocenters. The Morgan fingerprint density at radius 1 is 1.80 bits per heavy atom. The molecule has 1 rings (SSSR count). The van der Waals surface area contributed by atoms with Crippen molar-refractivity contribution in [2.45, 2.75) is 13.0 Å². The molecule has 0 aromatic carbocycles. The van der Waals surface area contributed by atoms with Gasteiger partial charge >= 0.3 is 0 Å². The Kier molecular flexibility index (Phi) is 2.45. The number of aliphatic hydroxyl groups is 1. The summed E-state index contributed by atoms with van der Waals surface area (Å²) in [4.78, 5) is 6.02. The van der Waals surface area contributed by atoms with Crippen LogP contribution in [-0.4, -0.2) is 35.5 Å². The smallest absolute Gasteiger partial charge is 0.110 e. The molecule has 0 amide bonds. The van der Waals surface area contributed by atoms with E-state index in [1.807, 2.05) is 24.1 Å². The number of hydrogen-bond donors (Lipinski definition) is 1. The molecule has 0 saturated heterocycles. The first-order valence-electron chi connectivity index (χ1n) is 3.38. The van der Waals surface area contributed by atoms with E-state index in [1.165, 1.54) is 0 Å². The quantitative estimate of drug-likeness (QED) is 0.595. The Hall–Kier alpha value is -0.830. The minimum atomic E-state index is 0.175. The van der Waals surface area contributed by atoms with Crippen molar-refractivity contribution in [1.29, 1.82) is 0 Å². The van der Waals surface area contributed by atoms with Gasteiger partial charge in [-0.05, 0) is 13.0 Å². The van der Waals surface area contributed by atoms with Crippen LogP contribution in [-0.2, 0) is 0 Å². The van der Waals surface area contributed by atoms with E-state index in [0.717, 1.165) is 0 Å². The zero-order chi connectivity index (χ0) is 7.40. The Bertz CT molecular complexity index is 154. The van der Waals surface area contributed by atoms with Gasteiger partial charge in [0, 0.05) is 12.4 Å². The minimum Gasteiger partial charge on any atom is -0.394 e. The van der Waals surface area contributed by atoms with Crippen LogP contribution >= 0.6 is 0 Å². The van der Waals surface area contributed by atoms with Crippen molar-refractivity contribution in [3.8, 4) is 0 Å². The zero-order valence-corrected chi connectivity index (χ0v) is 6.07. The average Bonchev–Trinajstić information content (AvgIpc) is 2.05. The predicted octanol–water partition coefficient (Wildman–Crippen LogP) is 0.225. The van der Waals surface area contributed by atoms with Crippen LogP contribution in [0.1, 0.15) is 6.92 Å². The second-order valence-electron chi connectivity index (χ2n) is 2.36. The van der Waals surface area contributed by atoms with E-state index in [4.69, 9.17) is 5.11 Å². The van der Waals surface area contributed by atoms with E-state index in [-0.39, 0.29) is 12.6 Å². The molecule has 56 valence electrons. The van der Waals surface area contributed by atoms with E-state index in [9.17, 15) is 0 Å². The molecular formula is C7H12N2O. The monoisotopic (exact) mass is 140 g/mol. The van der Waals surface area contributed by atoms with Crippen LogP contribution in [0.15, 0.2) is 17.3 Å². The summed E-state index contributed by atoms with van der Waals surface area (Å²) < 4.78 is 0. The van der Waals surface area contributed by atoms with E-state index >= 15 is 0 Å². The second-order valence-corrected chi connectivity index (χ2v) is 2.36. The molecule has 10 heavy (non-hydrogen) atoms. The largest absolute Gasteiger partial charge is 0.394 e. The highest BCUT2D eigenvalue weighted by Crippen LogP contribution is 2.01. The summed E-state index contributed by atoms with van der Waals surface area (Å²) in [6.45, 7) is 2.81. The van der Waals surface area contributed by atoms with E-state index in [1.54, 1.807) is 6.21 Å². The van der Waals surface area contributed by atoms with Crippen LogP contribution < -0.4 is 0 Å². The van der Waals surface area contributed by atoms with Gasteiger partial charge in [0.2, 0.25) is 0 Å². The third-order valence-electron chi connectivity index (χ3n) is 1.54. The zero-order valence-electron chi connectivity index (χ0n) is 6.07. The highest BCUT2D eigenvalue weighted by molar-refractivity contribution is 5.71. The average molecular weight is 140 g/mol. The van der Waals surface area contributed by atoms with Gasteiger partial charge in [0.25, 0.3) is 0 Å². The van der Waals surface area contributed by atoms with Gasteiger partial charge in [-0.15, -0.1) is 0 Å². The Balaban J connectivity index is 2.42. The van der Waals surface area contributed by atoms with Gasteiger partial charge in [0.15, 0.2) is 0 Å². The molecule has 0 spiro atoms. The molecule has 1 N–H and O–H groups in total. The standard InChI is InChI=1S/C7H12N2O/c1-7(5-10)9-4-2-3-8-6-9/h2-4,7,10H,5-6H2,1H3/t7-/m0/s1. The molecule has 0 fully saturated rings. The van der Waals surface area contributed by atoms with Gasteiger partial charge in [-0.2, -0.15) is 0 Å². The second kappa shape index (κ2) is 3.37. The Morgan fingerprint density at radius 2 is 2.60 bits per heavy atom. The summed E-state index contributed by atoms with van der Waals surface area (Å²) in [7, 11) is 0. The lowest BCUT2D eigenvalue weighted by Gasteiger charge is -2.25. The molecule has 0 saturated carbocycles. The number of hydrogen-bond acceptors (Lipinski definition) is 3. The van der Waals surface area contributed by atoms with E-state index in [2.05, 4.69) is 4.99 Å². The van der Waals surface area contributed by atoms with Crippen molar-refractivity contribution < 1.29 is 5.11 Å². The molecule has 0 unspecified atom stereocenters. The maximum absolute atomic E-state index is 8.76. The molecule has 0 aromatic heterocycles. The van der Waals surface area contributed by atoms with Gasteiger partial charge in [-0.1, -0.05) is 0 Å². The van der Waals surface area contributed by atoms with Crippen molar-refractivity contribution in [3.63, 3.8) is 0 Å². The fourth-order valence-corrected chi connectivity index (χ4v) is 0.790. The van der Waals surface area contributed by atoms with Crippen LogP contribution in [0, 0.1) is 0 Å². The fourth-order valence-electron chi connectivity index (χ4n) is 0.790. The molecule has 1 aliphatic heterocycles. The van der Waals surface area contributed by atoms with Crippen molar-refractivity contribution in [2.75, 3.05) is 13.3 Å². The first kappa shape index (κ1) is 7.28. The number of allylic oxidation sites excluding steroid dienone is 1. The van der Waals surface area contributed by atoms with Crippen molar-refractivity contribution in [2.24, 2.45) is 4.99 Å². The lowest BCUT2D eigenvalue weighted by Crippen LogP contribution is -2.32. The van der Waals surface area contributed by atoms with Crippen LogP contribution in [0.25, 0.3) is 0 Å². The summed E-state index contributed by atoms with van der Waals surface area (Å²) in [5, 5.41) is 8.76. The van der Waals surface area contributed by atoms with Gasteiger partial charge < -0.3 is 10.0 Å². The van der Waals surface area contributed by atoms with Crippen LogP contribution in [0.4, 0.5) is 0 Å². The summed E-state index contributed by atoms with van der Waals surface area (Å²) in [6.07, 6.45) is 5.57. The maximum Gasteiger partial charge on any atom is 0.110 e. The lowest BCUT2D eigenvalue weighted by atomic mass is 10.3. The lowest BCUT2D eigenvalue weighted by molar-refractivity contribution is 0.178. The van der Waals surface area contributed by atoms with E-state index in [0.29, 0.717) is 6.67 Å². The van der Waals surface area contributed by atoms with Gasteiger partial charge in [-0.25, -0.2) is 0 Å². The number of aliphatic imine (C=N–C) groups is 1. The summed E-state index contributed by atoms with van der Waals surface area (Å²) in [5.74, 6) is 0. The Morgan fingerprint density at radius 3 is 3.10 bits per heavy atom. The molecule has 1 heterocycles. The summed E-state index contributed by atoms with van der Waals surface area (Å²) >= 11 is 0. The highest BCUT2D eigenvalue weighted by atomic mass is 16.3. The van der Waals surface area contributed by atoms with Crippen molar-refractivity contribution in [1.82, 2.24) is 4.90 Å².